The van der Waals surface area contributed by atoms with Crippen molar-refractivity contribution in [1.82, 2.24) is 5.32 Å². The SMILES string of the molecule is O=C(NCc1ccc(Cl)s1)c1c(F)cccc1Br. The summed E-state index contributed by atoms with van der Waals surface area (Å²) in [5.74, 6) is -1.00. The summed E-state index contributed by atoms with van der Waals surface area (Å²) in [6.45, 7) is 0.330. The first-order valence-corrected chi connectivity index (χ1v) is 7.03. The molecule has 0 saturated carbocycles. The summed E-state index contributed by atoms with van der Waals surface area (Å²) >= 11 is 10.3. The van der Waals surface area contributed by atoms with Crippen LogP contribution in [-0.2, 0) is 6.54 Å². The van der Waals surface area contributed by atoms with Gasteiger partial charge in [0.25, 0.3) is 5.91 Å². The second-order valence-electron chi connectivity index (χ2n) is 3.49. The van der Waals surface area contributed by atoms with Gasteiger partial charge >= 0.3 is 0 Å². The number of halogens is 3. The highest BCUT2D eigenvalue weighted by Gasteiger charge is 2.15. The van der Waals surface area contributed by atoms with Crippen LogP contribution >= 0.6 is 38.9 Å². The number of thiophene rings is 1. The second kappa shape index (κ2) is 5.82. The molecule has 2 rings (SSSR count). The number of hydrogen-bond acceptors (Lipinski definition) is 2. The van der Waals surface area contributed by atoms with E-state index in [-0.39, 0.29) is 5.56 Å². The summed E-state index contributed by atoms with van der Waals surface area (Å²) in [5.41, 5.74) is 0.0140. The monoisotopic (exact) mass is 347 g/mol. The Kier molecular flexibility index (Phi) is 4.37. The van der Waals surface area contributed by atoms with E-state index >= 15 is 0 Å². The Hall–Kier alpha value is -0.910. The molecule has 1 aromatic heterocycles. The Bertz CT molecular complexity index is 567. The van der Waals surface area contributed by atoms with E-state index in [1.165, 1.54) is 23.5 Å². The van der Waals surface area contributed by atoms with Crippen LogP contribution in [0, 0.1) is 5.82 Å². The normalized spacial score (nSPS) is 10.4. The van der Waals surface area contributed by atoms with Crippen LogP contribution in [0.5, 0.6) is 0 Å². The highest BCUT2D eigenvalue weighted by atomic mass is 79.9. The number of carbonyl (C=O) groups excluding carboxylic acids is 1. The first-order chi connectivity index (χ1) is 8.58. The lowest BCUT2D eigenvalue weighted by Crippen LogP contribution is -2.23. The topological polar surface area (TPSA) is 29.1 Å². The summed E-state index contributed by atoms with van der Waals surface area (Å²) in [7, 11) is 0. The zero-order valence-corrected chi connectivity index (χ0v) is 12.2. The van der Waals surface area contributed by atoms with Crippen LogP contribution in [0.3, 0.4) is 0 Å². The fraction of sp³-hybridized carbons (Fsp3) is 0.0833. The van der Waals surface area contributed by atoms with Crippen LogP contribution in [0.1, 0.15) is 15.2 Å². The predicted octanol–water partition coefficient (Wildman–Crippen LogP) is 4.23. The summed E-state index contributed by atoms with van der Waals surface area (Å²) < 4.78 is 14.6. The molecule has 1 heterocycles. The van der Waals surface area contributed by atoms with Gasteiger partial charge in [-0.15, -0.1) is 11.3 Å². The van der Waals surface area contributed by atoms with E-state index in [0.29, 0.717) is 15.4 Å². The van der Waals surface area contributed by atoms with Crippen molar-refractivity contribution in [3.05, 3.63) is 55.4 Å². The number of rotatable bonds is 3. The average Bonchev–Trinajstić information content (AvgIpc) is 2.72. The third kappa shape index (κ3) is 3.10. The quantitative estimate of drug-likeness (QED) is 0.883. The van der Waals surface area contributed by atoms with E-state index in [9.17, 15) is 9.18 Å². The molecule has 94 valence electrons. The molecule has 18 heavy (non-hydrogen) atoms. The van der Waals surface area contributed by atoms with E-state index in [0.717, 1.165) is 4.88 Å². The van der Waals surface area contributed by atoms with Crippen LogP contribution in [0.2, 0.25) is 4.34 Å². The van der Waals surface area contributed by atoms with Gasteiger partial charge in [0.2, 0.25) is 0 Å². The molecule has 6 heteroatoms. The van der Waals surface area contributed by atoms with Gasteiger partial charge in [0, 0.05) is 9.35 Å². The molecule has 0 radical (unpaired) electrons. The Morgan fingerprint density at radius 1 is 1.39 bits per heavy atom. The zero-order chi connectivity index (χ0) is 13.1. The van der Waals surface area contributed by atoms with Gasteiger partial charge in [0.15, 0.2) is 0 Å². The number of benzene rings is 1. The summed E-state index contributed by atoms with van der Waals surface area (Å²) in [5, 5.41) is 2.65. The van der Waals surface area contributed by atoms with E-state index in [1.54, 1.807) is 12.1 Å². The maximum atomic E-state index is 13.5. The minimum Gasteiger partial charge on any atom is -0.347 e. The molecule has 0 atom stereocenters. The molecule has 0 saturated heterocycles. The molecule has 2 aromatic rings. The number of hydrogen-bond donors (Lipinski definition) is 1. The Morgan fingerprint density at radius 2 is 2.17 bits per heavy atom. The highest BCUT2D eigenvalue weighted by molar-refractivity contribution is 9.10. The summed E-state index contributed by atoms with van der Waals surface area (Å²) in [6, 6.07) is 7.99. The highest BCUT2D eigenvalue weighted by Crippen LogP contribution is 2.22. The van der Waals surface area contributed by atoms with Gasteiger partial charge < -0.3 is 5.32 Å². The minimum atomic E-state index is -0.550. The molecule has 0 aliphatic carbocycles. The molecular formula is C12H8BrClFNOS. The molecule has 0 spiro atoms. The lowest BCUT2D eigenvalue weighted by Gasteiger charge is -2.06. The van der Waals surface area contributed by atoms with E-state index < -0.39 is 11.7 Å². The number of amides is 1. The van der Waals surface area contributed by atoms with Crippen molar-refractivity contribution in [1.29, 1.82) is 0 Å². The predicted molar refractivity (Wildman–Crippen MR) is 74.6 cm³/mol. The largest absolute Gasteiger partial charge is 0.347 e. The first kappa shape index (κ1) is 13.5. The average molecular weight is 349 g/mol. The molecule has 0 aliphatic heterocycles. The molecule has 1 aromatic carbocycles. The van der Waals surface area contributed by atoms with Crippen LogP contribution < -0.4 is 5.32 Å². The van der Waals surface area contributed by atoms with Crippen molar-refractivity contribution < 1.29 is 9.18 Å². The zero-order valence-electron chi connectivity index (χ0n) is 9.04. The third-order valence-electron chi connectivity index (χ3n) is 2.24. The van der Waals surface area contributed by atoms with Gasteiger partial charge in [-0.3, -0.25) is 4.79 Å². The second-order valence-corrected chi connectivity index (χ2v) is 6.14. The van der Waals surface area contributed by atoms with E-state index in [4.69, 9.17) is 11.6 Å². The van der Waals surface area contributed by atoms with Gasteiger partial charge in [-0.2, -0.15) is 0 Å². The standard InChI is InChI=1S/C12H8BrClFNOS/c13-8-2-1-3-9(15)11(8)12(17)16-6-7-4-5-10(14)18-7/h1-5H,6H2,(H,16,17). The maximum Gasteiger partial charge on any atom is 0.255 e. The Balaban J connectivity index is 2.08. The molecular weight excluding hydrogens is 341 g/mol. The fourth-order valence-electron chi connectivity index (χ4n) is 1.42. The smallest absolute Gasteiger partial charge is 0.255 e. The van der Waals surface area contributed by atoms with Crippen LogP contribution in [0.15, 0.2) is 34.8 Å². The summed E-state index contributed by atoms with van der Waals surface area (Å²) in [6.07, 6.45) is 0. The Labute approximate surface area is 121 Å². The van der Waals surface area contributed by atoms with Crippen LogP contribution in [-0.4, -0.2) is 5.91 Å². The van der Waals surface area contributed by atoms with Gasteiger partial charge in [-0.1, -0.05) is 17.7 Å². The van der Waals surface area contributed by atoms with Gasteiger partial charge in [0.1, 0.15) is 5.82 Å². The van der Waals surface area contributed by atoms with Crippen molar-refractivity contribution in [2.45, 2.75) is 6.54 Å². The Morgan fingerprint density at radius 3 is 2.78 bits per heavy atom. The third-order valence-corrected chi connectivity index (χ3v) is 4.13. The number of nitrogens with one attached hydrogen (secondary N) is 1. The summed E-state index contributed by atoms with van der Waals surface area (Å²) in [4.78, 5) is 12.8. The minimum absolute atomic E-state index is 0.0140. The molecule has 2 nitrogen and oxygen atoms in total. The lowest BCUT2D eigenvalue weighted by molar-refractivity contribution is 0.0946. The number of carbonyl (C=O) groups is 1. The van der Waals surface area contributed by atoms with Gasteiger partial charge in [0.05, 0.1) is 16.4 Å². The van der Waals surface area contributed by atoms with Crippen LogP contribution in [0.25, 0.3) is 0 Å². The van der Waals surface area contributed by atoms with Crippen molar-refractivity contribution in [2.24, 2.45) is 0 Å². The first-order valence-electron chi connectivity index (χ1n) is 5.04. The van der Waals surface area contributed by atoms with E-state index in [1.807, 2.05) is 6.07 Å². The molecule has 0 aliphatic rings. The van der Waals surface area contributed by atoms with Gasteiger partial charge in [-0.05, 0) is 40.2 Å². The lowest BCUT2D eigenvalue weighted by atomic mass is 10.2. The van der Waals surface area contributed by atoms with Crippen LogP contribution in [0.4, 0.5) is 4.39 Å². The van der Waals surface area contributed by atoms with Crippen molar-refractivity contribution in [3.63, 3.8) is 0 Å². The van der Waals surface area contributed by atoms with Crippen molar-refractivity contribution in [3.8, 4) is 0 Å². The van der Waals surface area contributed by atoms with E-state index in [2.05, 4.69) is 21.2 Å². The molecule has 0 fully saturated rings. The molecule has 0 bridgehead atoms. The molecule has 0 unspecified atom stereocenters. The maximum absolute atomic E-state index is 13.5. The van der Waals surface area contributed by atoms with Gasteiger partial charge in [-0.25, -0.2) is 4.39 Å². The van der Waals surface area contributed by atoms with Crippen molar-refractivity contribution in [2.75, 3.05) is 0 Å². The molecule has 1 amide bonds. The van der Waals surface area contributed by atoms with Crippen molar-refractivity contribution >= 4 is 44.8 Å². The fourth-order valence-corrected chi connectivity index (χ4v) is 2.97. The molecule has 1 N–H and O–H groups in total.